The fourth-order valence-corrected chi connectivity index (χ4v) is 4.25. The standard InChI is InChI=1S/C23H20FIO2/c1-14-3-12-19-20(13-14)27-22(16-6-10-18(25)11-7-16)21(23(19,2)26)15-4-8-17(24)9-5-15/h3-13,21-22,26H,1-2H3. The minimum atomic E-state index is -1.16. The maximum Gasteiger partial charge on any atom is 0.134 e. The van der Waals surface area contributed by atoms with Crippen molar-refractivity contribution in [3.05, 3.63) is 98.4 Å². The molecule has 3 unspecified atom stereocenters. The highest BCUT2D eigenvalue weighted by atomic mass is 127. The van der Waals surface area contributed by atoms with E-state index in [1.165, 1.54) is 12.1 Å². The quantitative estimate of drug-likeness (QED) is 0.472. The fourth-order valence-electron chi connectivity index (χ4n) is 3.89. The summed E-state index contributed by atoms with van der Waals surface area (Å²) in [4.78, 5) is 0. The number of fused-ring (bicyclic) bond motifs is 1. The maximum absolute atomic E-state index is 13.5. The van der Waals surface area contributed by atoms with Gasteiger partial charge in [0, 0.05) is 9.13 Å². The molecule has 27 heavy (non-hydrogen) atoms. The van der Waals surface area contributed by atoms with Crippen molar-refractivity contribution in [1.29, 1.82) is 0 Å². The molecule has 3 aromatic rings. The summed E-state index contributed by atoms with van der Waals surface area (Å²) in [5, 5.41) is 11.6. The van der Waals surface area contributed by atoms with E-state index in [0.29, 0.717) is 5.75 Å². The third-order valence-corrected chi connectivity index (χ3v) is 5.99. The Morgan fingerprint density at radius 2 is 1.59 bits per heavy atom. The van der Waals surface area contributed by atoms with E-state index in [1.807, 2.05) is 56.3 Å². The molecule has 1 heterocycles. The van der Waals surface area contributed by atoms with Gasteiger partial charge in [0.25, 0.3) is 0 Å². The predicted octanol–water partition coefficient (Wildman–Crippen LogP) is 5.86. The number of hydrogen-bond acceptors (Lipinski definition) is 2. The SMILES string of the molecule is Cc1ccc2c(c1)OC(c1ccc(I)cc1)C(c1ccc(F)cc1)C2(C)O. The second-order valence-electron chi connectivity index (χ2n) is 7.27. The molecule has 1 aliphatic rings. The van der Waals surface area contributed by atoms with E-state index in [0.717, 1.165) is 25.8 Å². The summed E-state index contributed by atoms with van der Waals surface area (Å²) < 4.78 is 21.0. The van der Waals surface area contributed by atoms with Gasteiger partial charge in [-0.2, -0.15) is 0 Å². The first-order valence-corrected chi connectivity index (χ1v) is 9.95. The van der Waals surface area contributed by atoms with E-state index >= 15 is 0 Å². The molecule has 4 heteroatoms. The summed E-state index contributed by atoms with van der Waals surface area (Å²) in [6, 6.07) is 20.3. The Bertz CT molecular complexity index is 965. The molecule has 4 rings (SSSR count). The molecule has 138 valence electrons. The molecule has 1 aliphatic heterocycles. The van der Waals surface area contributed by atoms with Crippen molar-refractivity contribution in [2.75, 3.05) is 0 Å². The number of halogens is 2. The van der Waals surface area contributed by atoms with Crippen LogP contribution in [0.15, 0.2) is 66.7 Å². The topological polar surface area (TPSA) is 29.5 Å². The Hall–Kier alpha value is -1.92. The molecule has 0 aromatic heterocycles. The van der Waals surface area contributed by atoms with Crippen molar-refractivity contribution in [1.82, 2.24) is 0 Å². The van der Waals surface area contributed by atoms with E-state index in [-0.39, 0.29) is 17.8 Å². The molecule has 3 aromatic carbocycles. The summed E-state index contributed by atoms with van der Waals surface area (Å²) in [7, 11) is 0. The van der Waals surface area contributed by atoms with Crippen LogP contribution in [0.1, 0.15) is 41.2 Å². The molecule has 0 radical (unpaired) electrons. The lowest BCUT2D eigenvalue weighted by atomic mass is 9.71. The summed E-state index contributed by atoms with van der Waals surface area (Å²) in [5.74, 6) is 0.0345. The van der Waals surface area contributed by atoms with Gasteiger partial charge in [0.05, 0.1) is 5.92 Å². The smallest absolute Gasteiger partial charge is 0.134 e. The van der Waals surface area contributed by atoms with Crippen molar-refractivity contribution >= 4 is 22.6 Å². The molecule has 0 aliphatic carbocycles. The van der Waals surface area contributed by atoms with E-state index < -0.39 is 5.60 Å². The number of rotatable bonds is 2. The number of benzene rings is 3. The van der Waals surface area contributed by atoms with Gasteiger partial charge < -0.3 is 9.84 Å². The predicted molar refractivity (Wildman–Crippen MR) is 112 cm³/mol. The van der Waals surface area contributed by atoms with Gasteiger partial charge in [0.2, 0.25) is 0 Å². The Labute approximate surface area is 172 Å². The Morgan fingerprint density at radius 3 is 2.26 bits per heavy atom. The van der Waals surface area contributed by atoms with E-state index in [4.69, 9.17) is 4.74 Å². The van der Waals surface area contributed by atoms with Crippen molar-refractivity contribution in [3.8, 4) is 5.75 Å². The Balaban J connectivity index is 1.90. The van der Waals surface area contributed by atoms with Gasteiger partial charge in [-0.3, -0.25) is 0 Å². The molecule has 1 N–H and O–H groups in total. The first kappa shape index (κ1) is 18.4. The van der Waals surface area contributed by atoms with Gasteiger partial charge in [-0.25, -0.2) is 4.39 Å². The number of aryl methyl sites for hydroxylation is 1. The summed E-state index contributed by atoms with van der Waals surface area (Å²) >= 11 is 2.27. The largest absolute Gasteiger partial charge is 0.485 e. The van der Waals surface area contributed by atoms with Crippen LogP contribution in [0.25, 0.3) is 0 Å². The number of hydrogen-bond donors (Lipinski definition) is 1. The first-order chi connectivity index (χ1) is 12.9. The molecule has 0 amide bonds. The zero-order valence-corrected chi connectivity index (χ0v) is 17.3. The molecule has 0 saturated heterocycles. The fraction of sp³-hybridized carbons (Fsp3) is 0.217. The minimum absolute atomic E-state index is 0.294. The van der Waals surface area contributed by atoms with Gasteiger partial charge >= 0.3 is 0 Å². The summed E-state index contributed by atoms with van der Waals surface area (Å²) in [6.45, 7) is 3.82. The lowest BCUT2D eigenvalue weighted by Gasteiger charge is -2.44. The molecule has 2 nitrogen and oxygen atoms in total. The van der Waals surface area contributed by atoms with Crippen LogP contribution >= 0.6 is 22.6 Å². The first-order valence-electron chi connectivity index (χ1n) is 8.87. The zero-order valence-electron chi connectivity index (χ0n) is 15.1. The highest BCUT2D eigenvalue weighted by molar-refractivity contribution is 14.1. The van der Waals surface area contributed by atoms with Crippen LogP contribution in [0, 0.1) is 16.3 Å². The summed E-state index contributed by atoms with van der Waals surface area (Å²) in [6.07, 6.45) is -0.378. The molecule has 0 bridgehead atoms. The molecular weight excluding hydrogens is 454 g/mol. The van der Waals surface area contributed by atoms with Gasteiger partial charge in [0.15, 0.2) is 0 Å². The Kier molecular flexibility index (Phi) is 4.72. The average Bonchev–Trinajstić information content (AvgIpc) is 2.62. The van der Waals surface area contributed by atoms with Crippen LogP contribution in [0.3, 0.4) is 0 Å². The molecule has 0 saturated carbocycles. The molecule has 0 fully saturated rings. The van der Waals surface area contributed by atoms with Crippen LogP contribution in [0.4, 0.5) is 4.39 Å². The maximum atomic E-state index is 13.5. The van der Waals surface area contributed by atoms with Gasteiger partial charge in [-0.1, -0.05) is 36.4 Å². The molecular formula is C23H20FIO2. The van der Waals surface area contributed by atoms with E-state index in [2.05, 4.69) is 22.6 Å². The second kappa shape index (κ2) is 6.91. The number of aliphatic hydroxyl groups is 1. The van der Waals surface area contributed by atoms with Crippen molar-refractivity contribution in [2.45, 2.75) is 31.5 Å². The Morgan fingerprint density at radius 1 is 0.963 bits per heavy atom. The highest BCUT2D eigenvalue weighted by Crippen LogP contribution is 2.53. The second-order valence-corrected chi connectivity index (χ2v) is 8.51. The molecule has 3 atom stereocenters. The monoisotopic (exact) mass is 474 g/mol. The summed E-state index contributed by atoms with van der Waals surface area (Å²) in [5.41, 5.74) is 2.50. The van der Waals surface area contributed by atoms with Crippen LogP contribution < -0.4 is 4.74 Å². The van der Waals surface area contributed by atoms with Gasteiger partial charge in [-0.05, 0) is 83.5 Å². The van der Waals surface area contributed by atoms with E-state index in [1.54, 1.807) is 12.1 Å². The number of ether oxygens (including phenoxy) is 1. The third kappa shape index (κ3) is 3.36. The van der Waals surface area contributed by atoms with Crippen molar-refractivity contribution < 1.29 is 14.2 Å². The van der Waals surface area contributed by atoms with Gasteiger partial charge in [0.1, 0.15) is 23.3 Å². The lowest BCUT2D eigenvalue weighted by Crippen LogP contribution is -2.40. The van der Waals surface area contributed by atoms with Gasteiger partial charge in [-0.15, -0.1) is 0 Å². The van der Waals surface area contributed by atoms with Crippen LogP contribution in [-0.4, -0.2) is 5.11 Å². The molecule has 0 spiro atoms. The average molecular weight is 474 g/mol. The third-order valence-electron chi connectivity index (χ3n) is 5.27. The highest BCUT2D eigenvalue weighted by Gasteiger charge is 2.47. The lowest BCUT2D eigenvalue weighted by molar-refractivity contribution is -0.0425. The van der Waals surface area contributed by atoms with Crippen LogP contribution in [-0.2, 0) is 5.60 Å². The van der Waals surface area contributed by atoms with Crippen LogP contribution in [0.5, 0.6) is 5.75 Å². The zero-order chi connectivity index (χ0) is 19.2. The van der Waals surface area contributed by atoms with E-state index in [9.17, 15) is 9.50 Å². The van der Waals surface area contributed by atoms with Crippen molar-refractivity contribution in [3.63, 3.8) is 0 Å². The minimum Gasteiger partial charge on any atom is -0.485 e. The van der Waals surface area contributed by atoms with Crippen molar-refractivity contribution in [2.24, 2.45) is 0 Å². The normalized spacial score (nSPS) is 24.2. The van der Waals surface area contributed by atoms with Crippen LogP contribution in [0.2, 0.25) is 0 Å².